The van der Waals surface area contributed by atoms with E-state index in [1.807, 2.05) is 16.7 Å². The van der Waals surface area contributed by atoms with Crippen LogP contribution in [0.3, 0.4) is 0 Å². The average Bonchev–Trinajstić information content (AvgIpc) is 3.57. The number of carbonyl (C=O) groups excluding carboxylic acids is 1. The van der Waals surface area contributed by atoms with Crippen molar-refractivity contribution in [1.82, 2.24) is 9.55 Å². The molecule has 7 nitrogen and oxygen atoms in total. The molecule has 3 aromatic rings. The summed E-state index contributed by atoms with van der Waals surface area (Å²) in [5.74, 6) is -0.922. The van der Waals surface area contributed by atoms with Crippen molar-refractivity contribution in [2.24, 2.45) is 0 Å². The number of pyridine rings is 2. The highest BCUT2D eigenvalue weighted by molar-refractivity contribution is 6.04. The van der Waals surface area contributed by atoms with Gasteiger partial charge in [-0.3, -0.25) is 14.6 Å². The molecule has 2 heterocycles. The number of nitrogen functional groups attached to an aromatic ring is 1. The molecule has 2 aromatic heterocycles. The minimum Gasteiger partial charge on any atom is -0.492 e. The van der Waals surface area contributed by atoms with Crippen molar-refractivity contribution >= 4 is 28.1 Å². The van der Waals surface area contributed by atoms with Gasteiger partial charge in [0.1, 0.15) is 5.69 Å². The minimum atomic E-state index is -0.755. The lowest BCUT2D eigenvalue weighted by Gasteiger charge is -2.20. The molecule has 0 saturated heterocycles. The molecule has 156 valence electrons. The molecular formula is C22H23FN4O3. The van der Waals surface area contributed by atoms with E-state index in [0.29, 0.717) is 18.5 Å². The Morgan fingerprint density at radius 2 is 2.07 bits per heavy atom. The first-order valence-corrected chi connectivity index (χ1v) is 9.81. The summed E-state index contributed by atoms with van der Waals surface area (Å²) in [6.07, 6.45) is 7.39. The maximum Gasteiger partial charge on any atom is 0.202 e. The molecular weight excluding hydrogens is 387 g/mol. The largest absolute Gasteiger partial charge is 0.492 e. The maximum absolute atomic E-state index is 15.3. The number of fused-ring (bicyclic) bond motifs is 1. The van der Waals surface area contributed by atoms with Gasteiger partial charge in [-0.1, -0.05) is 0 Å². The van der Waals surface area contributed by atoms with E-state index < -0.39 is 11.2 Å². The van der Waals surface area contributed by atoms with E-state index in [4.69, 9.17) is 10.5 Å². The smallest absolute Gasteiger partial charge is 0.202 e. The van der Waals surface area contributed by atoms with Crippen LogP contribution in [0.15, 0.2) is 35.5 Å². The van der Waals surface area contributed by atoms with Crippen LogP contribution in [0.1, 0.15) is 41.7 Å². The van der Waals surface area contributed by atoms with Gasteiger partial charge >= 0.3 is 0 Å². The number of nitrogens with zero attached hydrogens (tertiary/aromatic N) is 2. The summed E-state index contributed by atoms with van der Waals surface area (Å²) in [7, 11) is 1.43. The molecule has 0 unspecified atom stereocenters. The van der Waals surface area contributed by atoms with Crippen molar-refractivity contribution in [3.05, 3.63) is 57.9 Å². The molecule has 0 aliphatic heterocycles. The fraction of sp³-hybridized carbons (Fsp3) is 0.318. The molecule has 0 amide bonds. The van der Waals surface area contributed by atoms with E-state index in [0.717, 1.165) is 18.4 Å². The van der Waals surface area contributed by atoms with Crippen LogP contribution in [0.5, 0.6) is 5.75 Å². The monoisotopic (exact) mass is 410 g/mol. The first-order valence-electron chi connectivity index (χ1n) is 9.81. The Bertz CT molecular complexity index is 1190. The van der Waals surface area contributed by atoms with Gasteiger partial charge in [0, 0.05) is 31.2 Å². The summed E-state index contributed by atoms with van der Waals surface area (Å²) >= 11 is 0. The number of hydrogen-bond donors (Lipinski definition) is 2. The highest BCUT2D eigenvalue weighted by Gasteiger charge is 2.31. The molecule has 1 aliphatic rings. The van der Waals surface area contributed by atoms with Crippen LogP contribution in [0.4, 0.5) is 15.8 Å². The topological polar surface area (TPSA) is 99.2 Å². The number of ether oxygens (including phenoxy) is 1. The van der Waals surface area contributed by atoms with Crippen molar-refractivity contribution in [2.45, 2.75) is 32.2 Å². The quantitative estimate of drug-likeness (QED) is 0.458. The fourth-order valence-corrected chi connectivity index (χ4v) is 3.71. The number of nitrogens with one attached hydrogen (secondary N) is 1. The third kappa shape index (κ3) is 3.38. The number of methoxy groups -OCH3 is 1. The summed E-state index contributed by atoms with van der Waals surface area (Å²) in [6, 6.07) is 3.89. The number of aromatic nitrogens is 2. The third-order valence-corrected chi connectivity index (χ3v) is 5.39. The summed E-state index contributed by atoms with van der Waals surface area (Å²) < 4.78 is 22.6. The number of anilines is 2. The zero-order chi connectivity index (χ0) is 21.4. The Kier molecular flexibility index (Phi) is 5.15. The lowest BCUT2D eigenvalue weighted by atomic mass is 10.0. The standard InChI is InChI=1S/C22H23FN4O3/c1-12(28)15-11-27(14-3-4-14)20-16(21(15)29)18(24)17(23)19(22(20)30-2)26-10-7-13-5-8-25-9-6-13/h5-6,8-9,11,14,26H,3-4,7,10,24H2,1-2H3. The number of rotatable bonds is 7. The minimum absolute atomic E-state index is 0.000879. The number of hydrogen-bond acceptors (Lipinski definition) is 6. The molecule has 8 heteroatoms. The number of Topliss-reactive ketones (excluding diaryl/α,β-unsaturated/α-hetero) is 1. The van der Waals surface area contributed by atoms with Crippen LogP contribution in [0, 0.1) is 5.82 Å². The zero-order valence-electron chi connectivity index (χ0n) is 16.9. The predicted octanol–water partition coefficient (Wildman–Crippen LogP) is 3.32. The van der Waals surface area contributed by atoms with Gasteiger partial charge in [-0.15, -0.1) is 0 Å². The van der Waals surface area contributed by atoms with Gasteiger partial charge in [-0.25, -0.2) is 4.39 Å². The molecule has 1 aromatic carbocycles. The normalized spacial score (nSPS) is 13.4. The van der Waals surface area contributed by atoms with E-state index in [9.17, 15) is 9.59 Å². The first-order chi connectivity index (χ1) is 14.4. The molecule has 1 saturated carbocycles. The molecule has 1 fully saturated rings. The Balaban J connectivity index is 1.86. The van der Waals surface area contributed by atoms with E-state index in [1.165, 1.54) is 14.0 Å². The third-order valence-electron chi connectivity index (χ3n) is 5.39. The fourth-order valence-electron chi connectivity index (χ4n) is 3.71. The number of carbonyl (C=O) groups is 1. The summed E-state index contributed by atoms with van der Waals surface area (Å²) in [5, 5.41) is 3.06. The predicted molar refractivity (Wildman–Crippen MR) is 114 cm³/mol. The Hall–Kier alpha value is -3.42. The molecule has 3 N–H and O–H groups in total. The Morgan fingerprint density at radius 1 is 1.37 bits per heavy atom. The van der Waals surface area contributed by atoms with Crippen LogP contribution < -0.4 is 21.2 Å². The van der Waals surface area contributed by atoms with Gasteiger partial charge in [0.05, 0.1) is 29.3 Å². The van der Waals surface area contributed by atoms with E-state index in [1.54, 1.807) is 18.6 Å². The molecule has 30 heavy (non-hydrogen) atoms. The van der Waals surface area contributed by atoms with Crippen molar-refractivity contribution < 1.29 is 13.9 Å². The van der Waals surface area contributed by atoms with Crippen LogP contribution in [0.2, 0.25) is 0 Å². The summed E-state index contributed by atoms with van der Waals surface area (Å²) in [6.45, 7) is 1.75. The van der Waals surface area contributed by atoms with Crippen LogP contribution in [0.25, 0.3) is 10.9 Å². The van der Waals surface area contributed by atoms with Crippen molar-refractivity contribution in [3.8, 4) is 5.75 Å². The SMILES string of the molecule is COc1c(NCCc2ccncc2)c(F)c(N)c2c(=O)c(C(C)=O)cn(C3CC3)c12. The zero-order valence-corrected chi connectivity index (χ0v) is 16.9. The van der Waals surface area contributed by atoms with Crippen LogP contribution >= 0.6 is 0 Å². The van der Waals surface area contributed by atoms with Gasteiger partial charge in [0.2, 0.25) is 5.43 Å². The maximum atomic E-state index is 15.3. The second kappa shape index (κ2) is 7.78. The van der Waals surface area contributed by atoms with Gasteiger partial charge in [-0.2, -0.15) is 0 Å². The van der Waals surface area contributed by atoms with E-state index in [2.05, 4.69) is 10.3 Å². The Labute approximate surface area is 172 Å². The molecule has 0 atom stereocenters. The van der Waals surface area contributed by atoms with Crippen molar-refractivity contribution in [2.75, 3.05) is 24.7 Å². The molecule has 4 rings (SSSR count). The molecule has 0 spiro atoms. The Morgan fingerprint density at radius 3 is 2.67 bits per heavy atom. The van der Waals surface area contributed by atoms with E-state index >= 15 is 4.39 Å². The lowest BCUT2D eigenvalue weighted by Crippen LogP contribution is -2.21. The van der Waals surface area contributed by atoms with Crippen molar-refractivity contribution in [1.29, 1.82) is 0 Å². The summed E-state index contributed by atoms with van der Waals surface area (Å²) in [5.41, 5.74) is 6.80. The van der Waals surface area contributed by atoms with Gasteiger partial charge in [-0.05, 0) is 43.9 Å². The number of halogens is 1. The second-order valence-electron chi connectivity index (χ2n) is 7.46. The second-order valence-corrected chi connectivity index (χ2v) is 7.46. The number of benzene rings is 1. The molecule has 0 bridgehead atoms. The molecule has 1 aliphatic carbocycles. The summed E-state index contributed by atoms with van der Waals surface area (Å²) in [4.78, 5) is 28.9. The first kappa shape index (κ1) is 19.9. The van der Waals surface area contributed by atoms with Crippen LogP contribution in [-0.2, 0) is 6.42 Å². The van der Waals surface area contributed by atoms with Crippen LogP contribution in [-0.4, -0.2) is 29.0 Å². The number of ketones is 1. The van der Waals surface area contributed by atoms with E-state index in [-0.39, 0.29) is 39.9 Å². The van der Waals surface area contributed by atoms with Gasteiger partial charge in [0.25, 0.3) is 0 Å². The lowest BCUT2D eigenvalue weighted by molar-refractivity contribution is 0.101. The van der Waals surface area contributed by atoms with Crippen molar-refractivity contribution in [3.63, 3.8) is 0 Å². The average molecular weight is 410 g/mol. The highest BCUT2D eigenvalue weighted by Crippen LogP contribution is 2.44. The highest BCUT2D eigenvalue weighted by atomic mass is 19.1. The number of nitrogens with two attached hydrogens (primary N) is 1. The molecule has 0 radical (unpaired) electrons. The van der Waals surface area contributed by atoms with Gasteiger partial charge in [0.15, 0.2) is 17.3 Å². The van der Waals surface area contributed by atoms with Gasteiger partial charge < -0.3 is 20.4 Å².